The van der Waals surface area contributed by atoms with Crippen LogP contribution in [0.1, 0.15) is 21.8 Å². The number of carboxylic acids is 1. The summed E-state index contributed by atoms with van der Waals surface area (Å²) in [4.78, 5) is 26.6. The summed E-state index contributed by atoms with van der Waals surface area (Å²) < 4.78 is 3.48. The number of carbonyl (C=O) groups excluding carboxylic acids is 1. The number of carboxylic acid groups (broad SMARTS) is 1. The van der Waals surface area contributed by atoms with Gasteiger partial charge in [0, 0.05) is 38.4 Å². The van der Waals surface area contributed by atoms with Crippen molar-refractivity contribution in [1.29, 1.82) is 0 Å². The first kappa shape index (κ1) is 17.1. The number of carbonyl (C=O) groups is 2. The van der Waals surface area contributed by atoms with Crippen molar-refractivity contribution in [3.63, 3.8) is 0 Å². The predicted molar refractivity (Wildman–Crippen MR) is 98.7 cm³/mol. The highest BCUT2D eigenvalue weighted by atomic mass is 16.4. The first-order valence-corrected chi connectivity index (χ1v) is 8.78. The molecule has 7 nitrogen and oxygen atoms in total. The maximum atomic E-state index is 13.2. The van der Waals surface area contributed by atoms with Crippen LogP contribution in [0.25, 0.3) is 5.82 Å². The van der Waals surface area contributed by atoms with Crippen molar-refractivity contribution in [2.24, 2.45) is 13.0 Å². The van der Waals surface area contributed by atoms with Crippen LogP contribution in [0, 0.1) is 5.92 Å². The van der Waals surface area contributed by atoms with E-state index in [2.05, 4.69) is 5.10 Å². The Kier molecular flexibility index (Phi) is 4.27. The van der Waals surface area contributed by atoms with Gasteiger partial charge in [-0.15, -0.1) is 0 Å². The number of aryl methyl sites for hydroxylation is 1. The molecular weight excluding hydrogens is 344 g/mol. The molecule has 7 heteroatoms. The molecule has 2 atom stereocenters. The minimum Gasteiger partial charge on any atom is -0.481 e. The van der Waals surface area contributed by atoms with Gasteiger partial charge < -0.3 is 14.6 Å². The monoisotopic (exact) mass is 364 g/mol. The van der Waals surface area contributed by atoms with Crippen LogP contribution < -0.4 is 0 Å². The lowest BCUT2D eigenvalue weighted by Gasteiger charge is -2.17. The van der Waals surface area contributed by atoms with Crippen molar-refractivity contribution < 1.29 is 14.7 Å². The van der Waals surface area contributed by atoms with Crippen molar-refractivity contribution >= 4 is 11.9 Å². The summed E-state index contributed by atoms with van der Waals surface area (Å²) in [7, 11) is 1.78. The maximum Gasteiger partial charge on any atom is 0.308 e. The van der Waals surface area contributed by atoms with Gasteiger partial charge in [0.15, 0.2) is 0 Å². The number of aliphatic carboxylic acids is 1. The molecule has 1 aliphatic rings. The number of amides is 1. The molecule has 2 aromatic heterocycles. The molecule has 1 saturated heterocycles. The normalized spacial score (nSPS) is 19.4. The summed E-state index contributed by atoms with van der Waals surface area (Å²) in [6.45, 7) is 0.563. The van der Waals surface area contributed by atoms with E-state index >= 15 is 0 Å². The minimum absolute atomic E-state index is 0.188. The molecule has 1 N–H and O–H groups in total. The minimum atomic E-state index is -0.879. The molecule has 1 amide bonds. The van der Waals surface area contributed by atoms with Gasteiger partial charge in [0.1, 0.15) is 11.4 Å². The molecule has 0 unspecified atom stereocenters. The molecule has 1 aliphatic heterocycles. The van der Waals surface area contributed by atoms with E-state index in [-0.39, 0.29) is 18.4 Å². The second-order valence-corrected chi connectivity index (χ2v) is 6.77. The van der Waals surface area contributed by atoms with Crippen molar-refractivity contribution in [3.8, 4) is 5.82 Å². The molecule has 0 aliphatic carbocycles. The fourth-order valence-corrected chi connectivity index (χ4v) is 3.79. The van der Waals surface area contributed by atoms with Gasteiger partial charge in [0.05, 0.1) is 12.1 Å². The largest absolute Gasteiger partial charge is 0.481 e. The summed E-state index contributed by atoms with van der Waals surface area (Å²) in [5, 5.41) is 13.9. The Morgan fingerprint density at radius 3 is 2.44 bits per heavy atom. The Balaban J connectivity index is 1.65. The smallest absolute Gasteiger partial charge is 0.308 e. The number of aromatic nitrogens is 3. The first-order chi connectivity index (χ1) is 13.1. The zero-order valence-electron chi connectivity index (χ0n) is 14.9. The van der Waals surface area contributed by atoms with E-state index in [9.17, 15) is 14.7 Å². The lowest BCUT2D eigenvalue weighted by atomic mass is 9.89. The third kappa shape index (κ3) is 3.01. The molecule has 0 saturated carbocycles. The fraction of sp³-hybridized carbons (Fsp3) is 0.250. The van der Waals surface area contributed by atoms with Gasteiger partial charge >= 0.3 is 5.97 Å². The van der Waals surface area contributed by atoms with Crippen LogP contribution in [0.3, 0.4) is 0 Å². The van der Waals surface area contributed by atoms with Crippen LogP contribution >= 0.6 is 0 Å². The maximum absolute atomic E-state index is 13.2. The Morgan fingerprint density at radius 1 is 1.07 bits per heavy atom. The predicted octanol–water partition coefficient (Wildman–Crippen LogP) is 2.15. The number of hydrogen-bond donors (Lipinski definition) is 1. The van der Waals surface area contributed by atoms with Gasteiger partial charge in [-0.1, -0.05) is 30.3 Å². The average molecular weight is 364 g/mol. The lowest BCUT2D eigenvalue weighted by Crippen LogP contribution is -2.30. The number of likely N-dealkylation sites (tertiary alicyclic amines) is 1. The van der Waals surface area contributed by atoms with Gasteiger partial charge in [-0.3, -0.25) is 14.3 Å². The highest BCUT2D eigenvalue weighted by Crippen LogP contribution is 2.34. The molecule has 3 aromatic rings. The summed E-state index contributed by atoms with van der Waals surface area (Å²) in [6.07, 6.45) is 5.25. The molecule has 3 heterocycles. The van der Waals surface area contributed by atoms with E-state index in [1.54, 1.807) is 22.8 Å². The Hall–Kier alpha value is -3.35. The Bertz CT molecular complexity index is 963. The number of rotatable bonds is 4. The highest BCUT2D eigenvalue weighted by molar-refractivity contribution is 5.97. The van der Waals surface area contributed by atoms with Crippen LogP contribution in [-0.4, -0.2) is 49.3 Å². The second-order valence-electron chi connectivity index (χ2n) is 6.77. The molecule has 138 valence electrons. The molecule has 1 aromatic carbocycles. The number of hydrogen-bond acceptors (Lipinski definition) is 3. The Morgan fingerprint density at radius 2 is 1.78 bits per heavy atom. The summed E-state index contributed by atoms with van der Waals surface area (Å²) >= 11 is 0. The fourth-order valence-electron chi connectivity index (χ4n) is 3.79. The number of nitrogens with zero attached hydrogens (tertiary/aromatic N) is 4. The van der Waals surface area contributed by atoms with E-state index in [1.807, 2.05) is 59.4 Å². The van der Waals surface area contributed by atoms with Crippen molar-refractivity contribution in [1.82, 2.24) is 19.2 Å². The molecule has 27 heavy (non-hydrogen) atoms. The van der Waals surface area contributed by atoms with Crippen LogP contribution in [0.15, 0.2) is 61.1 Å². The van der Waals surface area contributed by atoms with Crippen LogP contribution in [0.2, 0.25) is 0 Å². The van der Waals surface area contributed by atoms with Crippen molar-refractivity contribution in [2.75, 3.05) is 13.1 Å². The summed E-state index contributed by atoms with van der Waals surface area (Å²) in [5.74, 6) is -1.25. The third-order valence-electron chi connectivity index (χ3n) is 5.14. The van der Waals surface area contributed by atoms with Gasteiger partial charge in [0.25, 0.3) is 5.91 Å². The molecule has 0 spiro atoms. The van der Waals surface area contributed by atoms with E-state index in [4.69, 9.17) is 0 Å². The van der Waals surface area contributed by atoms with Crippen molar-refractivity contribution in [2.45, 2.75) is 5.92 Å². The first-order valence-electron chi connectivity index (χ1n) is 8.78. The van der Waals surface area contributed by atoms with Gasteiger partial charge in [0.2, 0.25) is 0 Å². The van der Waals surface area contributed by atoms with Gasteiger partial charge in [-0.05, 0) is 17.7 Å². The van der Waals surface area contributed by atoms with Crippen molar-refractivity contribution in [3.05, 3.63) is 72.2 Å². The van der Waals surface area contributed by atoms with Crippen LogP contribution in [0.4, 0.5) is 0 Å². The molecule has 0 bridgehead atoms. The van der Waals surface area contributed by atoms with Gasteiger partial charge in [-0.2, -0.15) is 5.10 Å². The zero-order valence-corrected chi connectivity index (χ0v) is 14.9. The molecule has 4 rings (SSSR count). The standard InChI is InChI=1S/C20H20N4O3/c1-22-18(23-9-5-6-10-23)15(11-21-22)19(25)24-12-16(17(13-24)20(26)27)14-7-3-2-4-8-14/h2-11,16-17H,12-13H2,1H3,(H,26,27)/t16-,17-/m0/s1. The van der Waals surface area contributed by atoms with E-state index in [0.29, 0.717) is 17.9 Å². The topological polar surface area (TPSA) is 80.4 Å². The van der Waals surface area contributed by atoms with E-state index < -0.39 is 11.9 Å². The lowest BCUT2D eigenvalue weighted by molar-refractivity contribution is -0.141. The molecule has 1 fully saturated rings. The summed E-state index contributed by atoms with van der Waals surface area (Å²) in [5.41, 5.74) is 1.41. The second kappa shape index (κ2) is 6.75. The quantitative estimate of drug-likeness (QED) is 0.769. The third-order valence-corrected chi connectivity index (χ3v) is 5.14. The van der Waals surface area contributed by atoms with Crippen LogP contribution in [0.5, 0.6) is 0 Å². The zero-order chi connectivity index (χ0) is 19.0. The number of benzene rings is 1. The Labute approximate surface area is 156 Å². The SMILES string of the molecule is Cn1ncc(C(=O)N2C[C@H](C(=O)O)[C@H](c3ccccc3)C2)c1-n1cccc1. The molecular formula is C20H20N4O3. The van der Waals surface area contributed by atoms with E-state index in [1.165, 1.54) is 0 Å². The van der Waals surface area contributed by atoms with Gasteiger partial charge in [-0.25, -0.2) is 0 Å². The molecule has 0 radical (unpaired) electrons. The van der Waals surface area contributed by atoms with E-state index in [0.717, 1.165) is 5.56 Å². The summed E-state index contributed by atoms with van der Waals surface area (Å²) in [6, 6.07) is 13.3. The highest BCUT2D eigenvalue weighted by Gasteiger charge is 2.41. The average Bonchev–Trinajstić information content (AvgIpc) is 3.41. The van der Waals surface area contributed by atoms with Crippen LogP contribution in [-0.2, 0) is 11.8 Å².